The summed E-state index contributed by atoms with van der Waals surface area (Å²) in [6.07, 6.45) is 1.57. The van der Waals surface area contributed by atoms with Crippen molar-refractivity contribution in [3.8, 4) is 0 Å². The second-order valence-corrected chi connectivity index (χ2v) is 2.90. The molecule has 2 rings (SSSR count). The molecule has 0 amide bonds. The summed E-state index contributed by atoms with van der Waals surface area (Å²) in [5.74, 6) is 0. The number of aromatic nitrogens is 3. The van der Waals surface area contributed by atoms with Gasteiger partial charge < -0.3 is 4.98 Å². The van der Waals surface area contributed by atoms with Gasteiger partial charge in [-0.2, -0.15) is 5.10 Å². The van der Waals surface area contributed by atoms with Crippen LogP contribution in [0.3, 0.4) is 0 Å². The summed E-state index contributed by atoms with van der Waals surface area (Å²) >= 11 is 3.18. The number of nitrogens with zero attached hydrogens (tertiary/aromatic N) is 1. The summed E-state index contributed by atoms with van der Waals surface area (Å²) in [6, 6.07) is 1.46. The summed E-state index contributed by atoms with van der Waals surface area (Å²) in [6.45, 7) is 0. The summed E-state index contributed by atoms with van der Waals surface area (Å²) in [5.41, 5.74) is 0.531. The van der Waals surface area contributed by atoms with Gasteiger partial charge >= 0.3 is 0 Å². The molecule has 2 aromatic heterocycles. The maximum absolute atomic E-state index is 11.2. The maximum atomic E-state index is 11.2. The first-order valence-corrected chi connectivity index (χ1v) is 3.79. The highest BCUT2D eigenvalue weighted by Crippen LogP contribution is 2.13. The molecule has 56 valence electrons. The molecule has 0 spiro atoms. The van der Waals surface area contributed by atoms with E-state index in [2.05, 4.69) is 31.1 Å². The topological polar surface area (TPSA) is 61.5 Å². The third kappa shape index (κ3) is 0.883. The second-order valence-electron chi connectivity index (χ2n) is 2.10. The molecule has 0 radical (unpaired) electrons. The van der Waals surface area contributed by atoms with Gasteiger partial charge in [-0.25, -0.2) is 0 Å². The zero-order valence-electron chi connectivity index (χ0n) is 5.39. The minimum Gasteiger partial charge on any atom is -0.344 e. The normalized spacial score (nSPS) is 10.6. The number of fused-ring (bicyclic) bond motifs is 1. The van der Waals surface area contributed by atoms with Gasteiger partial charge in [-0.1, -0.05) is 0 Å². The fraction of sp³-hybridized carbons (Fsp3) is 0. The van der Waals surface area contributed by atoms with E-state index in [1.807, 2.05) is 0 Å². The van der Waals surface area contributed by atoms with Crippen molar-refractivity contribution in [3.05, 3.63) is 27.1 Å². The Kier molecular flexibility index (Phi) is 1.32. The Bertz CT molecular complexity index is 444. The predicted molar refractivity (Wildman–Crippen MR) is 44.4 cm³/mol. The van der Waals surface area contributed by atoms with Gasteiger partial charge in [-0.3, -0.25) is 9.89 Å². The number of nitrogens with one attached hydrogen (secondary N) is 2. The molecule has 0 aliphatic heterocycles. The molecule has 4 nitrogen and oxygen atoms in total. The van der Waals surface area contributed by atoms with E-state index in [0.717, 1.165) is 0 Å². The monoisotopic (exact) mass is 213 g/mol. The van der Waals surface area contributed by atoms with Crippen molar-refractivity contribution < 1.29 is 0 Å². The number of halogens is 1. The molecule has 2 heterocycles. The van der Waals surface area contributed by atoms with Crippen LogP contribution in [-0.4, -0.2) is 15.2 Å². The number of hydrogen-bond donors (Lipinski definition) is 2. The molecule has 0 atom stereocenters. The van der Waals surface area contributed by atoms with Crippen LogP contribution in [0.25, 0.3) is 11.0 Å². The van der Waals surface area contributed by atoms with E-state index in [4.69, 9.17) is 0 Å². The number of rotatable bonds is 0. The van der Waals surface area contributed by atoms with Gasteiger partial charge in [0.25, 0.3) is 0 Å². The zero-order chi connectivity index (χ0) is 7.84. The third-order valence-corrected chi connectivity index (χ3v) is 2.00. The maximum Gasteiger partial charge on any atom is 0.193 e. The minimum atomic E-state index is -0.0422. The van der Waals surface area contributed by atoms with E-state index in [1.165, 1.54) is 6.07 Å². The Morgan fingerprint density at radius 1 is 1.55 bits per heavy atom. The summed E-state index contributed by atoms with van der Waals surface area (Å²) in [5, 5.41) is 7.07. The van der Waals surface area contributed by atoms with E-state index < -0.39 is 0 Å². The molecule has 0 bridgehead atoms. The summed E-state index contributed by atoms with van der Waals surface area (Å²) in [7, 11) is 0. The van der Waals surface area contributed by atoms with Crippen molar-refractivity contribution in [2.45, 2.75) is 0 Å². The van der Waals surface area contributed by atoms with Crippen molar-refractivity contribution in [2.75, 3.05) is 0 Å². The first-order chi connectivity index (χ1) is 5.29. The van der Waals surface area contributed by atoms with Crippen LogP contribution in [0.15, 0.2) is 21.7 Å². The van der Waals surface area contributed by atoms with E-state index in [0.29, 0.717) is 15.6 Å². The second kappa shape index (κ2) is 2.20. The standard InChI is InChI=1S/C6H4BrN3O/c7-5-4-3(11)1-2-8-6(4)10-9-5/h1-2H,(H2,8,9,10,11). The van der Waals surface area contributed by atoms with E-state index >= 15 is 0 Å². The van der Waals surface area contributed by atoms with Crippen molar-refractivity contribution in [2.24, 2.45) is 0 Å². The van der Waals surface area contributed by atoms with Crippen molar-refractivity contribution in [1.29, 1.82) is 0 Å². The lowest BCUT2D eigenvalue weighted by molar-refractivity contribution is 1.08. The molecule has 2 N–H and O–H groups in total. The van der Waals surface area contributed by atoms with Gasteiger partial charge in [0.05, 0.1) is 5.39 Å². The van der Waals surface area contributed by atoms with Crippen LogP contribution < -0.4 is 5.43 Å². The summed E-state index contributed by atoms with van der Waals surface area (Å²) < 4.78 is 0.620. The van der Waals surface area contributed by atoms with Crippen molar-refractivity contribution in [1.82, 2.24) is 15.2 Å². The minimum absolute atomic E-state index is 0.0422. The van der Waals surface area contributed by atoms with Crippen molar-refractivity contribution in [3.63, 3.8) is 0 Å². The average molecular weight is 214 g/mol. The Hall–Kier alpha value is -1.10. The largest absolute Gasteiger partial charge is 0.344 e. The fourth-order valence-electron chi connectivity index (χ4n) is 0.930. The Balaban J connectivity index is 3.08. The Labute approximate surface area is 69.8 Å². The molecule has 0 fully saturated rings. The van der Waals surface area contributed by atoms with Crippen LogP contribution in [0.1, 0.15) is 0 Å². The van der Waals surface area contributed by atoms with E-state index in [9.17, 15) is 4.79 Å². The smallest absolute Gasteiger partial charge is 0.193 e. The molecule has 0 aromatic carbocycles. The summed E-state index contributed by atoms with van der Waals surface area (Å²) in [4.78, 5) is 14.0. The highest BCUT2D eigenvalue weighted by molar-refractivity contribution is 9.10. The molecule has 11 heavy (non-hydrogen) atoms. The van der Waals surface area contributed by atoms with Gasteiger partial charge in [0, 0.05) is 12.3 Å². The van der Waals surface area contributed by atoms with Gasteiger partial charge in [-0.05, 0) is 15.9 Å². The molecular weight excluding hydrogens is 210 g/mol. The highest BCUT2D eigenvalue weighted by Gasteiger charge is 2.04. The van der Waals surface area contributed by atoms with Crippen LogP contribution in [-0.2, 0) is 0 Å². The lowest BCUT2D eigenvalue weighted by Gasteiger charge is -1.84. The van der Waals surface area contributed by atoms with Gasteiger partial charge in [0.2, 0.25) is 0 Å². The number of aromatic amines is 2. The first kappa shape index (κ1) is 6.60. The van der Waals surface area contributed by atoms with Gasteiger partial charge in [0.1, 0.15) is 4.60 Å². The lowest BCUT2D eigenvalue weighted by Crippen LogP contribution is -1.98. The lowest BCUT2D eigenvalue weighted by atomic mass is 10.3. The number of H-pyrrole nitrogens is 2. The fourth-order valence-corrected chi connectivity index (χ4v) is 1.40. The molecule has 0 unspecified atom stereocenters. The highest BCUT2D eigenvalue weighted by atomic mass is 79.9. The Morgan fingerprint density at radius 2 is 2.36 bits per heavy atom. The molecule has 5 heteroatoms. The predicted octanol–water partition coefficient (Wildman–Crippen LogP) is 1.01. The van der Waals surface area contributed by atoms with Crippen molar-refractivity contribution >= 4 is 27.0 Å². The molecule has 0 aliphatic carbocycles. The first-order valence-electron chi connectivity index (χ1n) is 3.00. The van der Waals surface area contributed by atoms with Crippen LogP contribution in [0.2, 0.25) is 0 Å². The molecular formula is C6H4BrN3O. The third-order valence-electron chi connectivity index (χ3n) is 1.42. The van der Waals surface area contributed by atoms with E-state index in [1.54, 1.807) is 6.20 Å². The average Bonchev–Trinajstić information content (AvgIpc) is 2.34. The Morgan fingerprint density at radius 3 is 3.09 bits per heavy atom. The molecule has 2 aromatic rings. The molecule has 0 saturated carbocycles. The number of pyridine rings is 1. The van der Waals surface area contributed by atoms with Crippen LogP contribution in [0, 0.1) is 0 Å². The van der Waals surface area contributed by atoms with Crippen LogP contribution in [0.4, 0.5) is 0 Å². The van der Waals surface area contributed by atoms with E-state index in [-0.39, 0.29) is 5.43 Å². The molecule has 0 aliphatic rings. The zero-order valence-corrected chi connectivity index (χ0v) is 6.97. The SMILES string of the molecule is O=c1cc[nH]c2n[nH]c(Br)c12. The quantitative estimate of drug-likeness (QED) is 0.687. The van der Waals surface area contributed by atoms with Gasteiger partial charge in [0.15, 0.2) is 11.1 Å². The molecule has 0 saturated heterocycles. The van der Waals surface area contributed by atoms with Gasteiger partial charge in [-0.15, -0.1) is 0 Å². The number of hydrogen-bond acceptors (Lipinski definition) is 2. The van der Waals surface area contributed by atoms with Crippen LogP contribution >= 0.6 is 15.9 Å². The van der Waals surface area contributed by atoms with Crippen LogP contribution in [0.5, 0.6) is 0 Å².